The van der Waals surface area contributed by atoms with Gasteiger partial charge in [0.1, 0.15) is 0 Å². The van der Waals surface area contributed by atoms with Crippen LogP contribution in [0.15, 0.2) is 24.3 Å². The van der Waals surface area contributed by atoms with Crippen molar-refractivity contribution in [3.8, 4) is 0 Å². The number of methoxy groups -OCH3 is 1. The van der Waals surface area contributed by atoms with Gasteiger partial charge in [0.05, 0.1) is 0 Å². The quantitative estimate of drug-likeness (QED) is 0.784. The summed E-state index contributed by atoms with van der Waals surface area (Å²) in [4.78, 5) is 0. The molecule has 2 nitrogen and oxygen atoms in total. The third-order valence-electron chi connectivity index (χ3n) is 3.20. The first kappa shape index (κ1) is 14.2. The second-order valence-electron chi connectivity index (χ2n) is 4.76. The molecule has 1 N–H and O–H groups in total. The summed E-state index contributed by atoms with van der Waals surface area (Å²) in [5.74, 6) is 1.05. The summed E-state index contributed by atoms with van der Waals surface area (Å²) in [6.07, 6.45) is 0. The first-order chi connectivity index (χ1) is 8.19. The highest BCUT2D eigenvalue weighted by Gasteiger charge is 2.18. The molecule has 0 spiro atoms. The number of rotatable bonds is 7. The zero-order chi connectivity index (χ0) is 12.7. The lowest BCUT2D eigenvalue weighted by molar-refractivity contribution is 0.146. The Bertz CT molecular complexity index is 324. The lowest BCUT2D eigenvalue weighted by Crippen LogP contribution is -2.27. The van der Waals surface area contributed by atoms with Crippen molar-refractivity contribution < 1.29 is 4.74 Å². The van der Waals surface area contributed by atoms with E-state index in [1.165, 1.54) is 11.1 Å². The standard InChI is InChI=1S/C15H25NO/c1-5-16-10-15(13(3)11-17-4)14-8-6-7-12(2)9-14/h6-9,13,15-16H,5,10-11H2,1-4H3. The Labute approximate surface area is 105 Å². The fourth-order valence-electron chi connectivity index (χ4n) is 2.23. The maximum absolute atomic E-state index is 5.29. The molecule has 1 rings (SSSR count). The van der Waals surface area contributed by atoms with E-state index in [4.69, 9.17) is 4.74 Å². The molecule has 0 aliphatic carbocycles. The largest absolute Gasteiger partial charge is 0.384 e. The maximum atomic E-state index is 5.29. The first-order valence-corrected chi connectivity index (χ1v) is 6.45. The second kappa shape index (κ2) is 7.46. The van der Waals surface area contributed by atoms with Crippen LogP contribution in [0.4, 0.5) is 0 Å². The van der Waals surface area contributed by atoms with Gasteiger partial charge < -0.3 is 10.1 Å². The van der Waals surface area contributed by atoms with Gasteiger partial charge in [-0.1, -0.05) is 43.7 Å². The van der Waals surface area contributed by atoms with Crippen molar-refractivity contribution in [3.05, 3.63) is 35.4 Å². The van der Waals surface area contributed by atoms with Gasteiger partial charge in [0.25, 0.3) is 0 Å². The Morgan fingerprint density at radius 2 is 2.12 bits per heavy atom. The van der Waals surface area contributed by atoms with Crippen LogP contribution in [0.1, 0.15) is 30.9 Å². The van der Waals surface area contributed by atoms with Crippen LogP contribution in [0.5, 0.6) is 0 Å². The van der Waals surface area contributed by atoms with E-state index in [2.05, 4.69) is 50.4 Å². The molecule has 0 heterocycles. The minimum atomic E-state index is 0.523. The molecule has 1 aromatic carbocycles. The van der Waals surface area contributed by atoms with Gasteiger partial charge in [-0.05, 0) is 24.9 Å². The number of benzene rings is 1. The van der Waals surface area contributed by atoms with Crippen molar-refractivity contribution in [1.82, 2.24) is 5.32 Å². The van der Waals surface area contributed by atoms with Gasteiger partial charge in [-0.15, -0.1) is 0 Å². The summed E-state index contributed by atoms with van der Waals surface area (Å²) in [7, 11) is 1.77. The van der Waals surface area contributed by atoms with Crippen molar-refractivity contribution in [2.75, 3.05) is 26.8 Å². The summed E-state index contributed by atoms with van der Waals surface area (Å²) < 4.78 is 5.29. The monoisotopic (exact) mass is 235 g/mol. The summed E-state index contributed by atoms with van der Waals surface area (Å²) in [6.45, 7) is 9.40. The van der Waals surface area contributed by atoms with E-state index in [0.717, 1.165) is 19.7 Å². The summed E-state index contributed by atoms with van der Waals surface area (Å²) in [5, 5.41) is 3.45. The van der Waals surface area contributed by atoms with Crippen molar-refractivity contribution >= 4 is 0 Å². The molecule has 0 saturated heterocycles. The van der Waals surface area contributed by atoms with Crippen molar-refractivity contribution in [1.29, 1.82) is 0 Å². The average Bonchev–Trinajstić information content (AvgIpc) is 2.30. The summed E-state index contributed by atoms with van der Waals surface area (Å²) in [5.41, 5.74) is 2.74. The van der Waals surface area contributed by atoms with E-state index in [9.17, 15) is 0 Å². The van der Waals surface area contributed by atoms with Crippen LogP contribution in [-0.4, -0.2) is 26.8 Å². The summed E-state index contributed by atoms with van der Waals surface area (Å²) >= 11 is 0. The van der Waals surface area contributed by atoms with Crippen LogP contribution in [0.2, 0.25) is 0 Å². The van der Waals surface area contributed by atoms with Crippen molar-refractivity contribution in [3.63, 3.8) is 0 Å². The number of nitrogens with one attached hydrogen (secondary N) is 1. The highest BCUT2D eigenvalue weighted by atomic mass is 16.5. The van der Waals surface area contributed by atoms with E-state index in [1.807, 2.05) is 0 Å². The Morgan fingerprint density at radius 3 is 2.71 bits per heavy atom. The molecular formula is C15H25NO. The molecule has 17 heavy (non-hydrogen) atoms. The SMILES string of the molecule is CCNCC(c1cccc(C)c1)C(C)COC. The lowest BCUT2D eigenvalue weighted by atomic mass is 9.87. The van der Waals surface area contributed by atoms with Crippen LogP contribution in [0, 0.1) is 12.8 Å². The van der Waals surface area contributed by atoms with E-state index < -0.39 is 0 Å². The molecule has 0 amide bonds. The van der Waals surface area contributed by atoms with Crippen LogP contribution in [0.3, 0.4) is 0 Å². The smallest absolute Gasteiger partial charge is 0.0494 e. The second-order valence-corrected chi connectivity index (χ2v) is 4.76. The van der Waals surface area contributed by atoms with E-state index in [1.54, 1.807) is 7.11 Å². The topological polar surface area (TPSA) is 21.3 Å². The van der Waals surface area contributed by atoms with Crippen LogP contribution >= 0.6 is 0 Å². The predicted molar refractivity (Wildman–Crippen MR) is 73.5 cm³/mol. The van der Waals surface area contributed by atoms with Gasteiger partial charge >= 0.3 is 0 Å². The molecule has 0 saturated carbocycles. The number of ether oxygens (including phenoxy) is 1. The van der Waals surface area contributed by atoms with Gasteiger partial charge in [0.2, 0.25) is 0 Å². The highest BCUT2D eigenvalue weighted by molar-refractivity contribution is 5.26. The van der Waals surface area contributed by atoms with Crippen molar-refractivity contribution in [2.24, 2.45) is 5.92 Å². The van der Waals surface area contributed by atoms with Crippen LogP contribution in [0.25, 0.3) is 0 Å². The molecule has 0 aliphatic heterocycles. The molecule has 1 aromatic rings. The van der Waals surface area contributed by atoms with Gasteiger partial charge in [-0.3, -0.25) is 0 Å². The van der Waals surface area contributed by atoms with Gasteiger partial charge in [0, 0.05) is 26.2 Å². The van der Waals surface area contributed by atoms with E-state index >= 15 is 0 Å². The summed E-state index contributed by atoms with van der Waals surface area (Å²) in [6, 6.07) is 8.80. The number of hydrogen-bond acceptors (Lipinski definition) is 2. The Kier molecular flexibility index (Phi) is 6.23. The Hall–Kier alpha value is -0.860. The molecule has 0 fully saturated rings. The third kappa shape index (κ3) is 4.49. The molecule has 0 bridgehead atoms. The normalized spacial score (nSPS) is 14.6. The Morgan fingerprint density at radius 1 is 1.35 bits per heavy atom. The molecule has 0 aromatic heterocycles. The zero-order valence-electron chi connectivity index (χ0n) is 11.5. The predicted octanol–water partition coefficient (Wildman–Crippen LogP) is 2.97. The highest BCUT2D eigenvalue weighted by Crippen LogP contribution is 2.25. The number of hydrogen-bond donors (Lipinski definition) is 1. The minimum Gasteiger partial charge on any atom is -0.384 e. The minimum absolute atomic E-state index is 0.523. The number of aryl methyl sites for hydroxylation is 1. The van der Waals surface area contributed by atoms with Crippen LogP contribution in [-0.2, 0) is 4.74 Å². The zero-order valence-corrected chi connectivity index (χ0v) is 11.5. The molecule has 2 unspecified atom stereocenters. The first-order valence-electron chi connectivity index (χ1n) is 6.45. The molecule has 2 atom stereocenters. The van der Waals surface area contributed by atoms with Gasteiger partial charge in [-0.25, -0.2) is 0 Å². The van der Waals surface area contributed by atoms with Gasteiger partial charge in [0.15, 0.2) is 0 Å². The van der Waals surface area contributed by atoms with E-state index in [0.29, 0.717) is 11.8 Å². The maximum Gasteiger partial charge on any atom is 0.0494 e. The third-order valence-corrected chi connectivity index (χ3v) is 3.20. The Balaban J connectivity index is 2.81. The van der Waals surface area contributed by atoms with Crippen LogP contribution < -0.4 is 5.32 Å². The fraction of sp³-hybridized carbons (Fsp3) is 0.600. The molecule has 2 heteroatoms. The average molecular weight is 235 g/mol. The molecule has 96 valence electrons. The number of likely N-dealkylation sites (N-methyl/N-ethyl adjacent to an activating group) is 1. The lowest BCUT2D eigenvalue weighted by Gasteiger charge is -2.24. The van der Waals surface area contributed by atoms with E-state index in [-0.39, 0.29) is 0 Å². The fourth-order valence-corrected chi connectivity index (χ4v) is 2.23. The molecule has 0 radical (unpaired) electrons. The van der Waals surface area contributed by atoms with Gasteiger partial charge in [-0.2, -0.15) is 0 Å². The molecule has 0 aliphatic rings. The van der Waals surface area contributed by atoms with Crippen molar-refractivity contribution in [2.45, 2.75) is 26.7 Å². The molecular weight excluding hydrogens is 210 g/mol.